The Balaban J connectivity index is 1.24. The number of fused-ring (bicyclic) bond motifs is 1. The highest BCUT2D eigenvalue weighted by Crippen LogP contribution is 2.40. The Morgan fingerprint density at radius 1 is 0.975 bits per heavy atom. The molecule has 0 radical (unpaired) electrons. The monoisotopic (exact) mass is 567 g/mol. The van der Waals surface area contributed by atoms with Gasteiger partial charge in [-0.3, -0.25) is 9.59 Å². The van der Waals surface area contributed by atoms with Gasteiger partial charge in [0.25, 0.3) is 5.56 Å². The summed E-state index contributed by atoms with van der Waals surface area (Å²) in [7, 11) is 0. The van der Waals surface area contributed by atoms with Crippen LogP contribution in [0.1, 0.15) is 29.5 Å². The van der Waals surface area contributed by atoms with Crippen molar-refractivity contribution in [2.24, 2.45) is 0 Å². The maximum atomic E-state index is 13.4. The first-order valence-corrected chi connectivity index (χ1v) is 12.4. The molecular formula is C25H23F6N7O2. The van der Waals surface area contributed by atoms with Crippen LogP contribution >= 0.6 is 0 Å². The number of benzene rings is 1. The first-order chi connectivity index (χ1) is 18.9. The van der Waals surface area contributed by atoms with E-state index in [0.29, 0.717) is 44.7 Å². The minimum absolute atomic E-state index is 0.0699. The summed E-state index contributed by atoms with van der Waals surface area (Å²) in [6.45, 7) is 1.29. The number of nitrogens with zero attached hydrogens (tertiary/aromatic N) is 6. The van der Waals surface area contributed by atoms with Crippen molar-refractivity contribution in [1.29, 1.82) is 0 Å². The van der Waals surface area contributed by atoms with Crippen molar-refractivity contribution >= 4 is 23.4 Å². The quantitative estimate of drug-likeness (QED) is 0.469. The number of anilines is 3. The highest BCUT2D eigenvalue weighted by molar-refractivity contribution is 5.77. The van der Waals surface area contributed by atoms with Gasteiger partial charge in [0.05, 0.1) is 5.56 Å². The first-order valence-electron chi connectivity index (χ1n) is 12.4. The van der Waals surface area contributed by atoms with Gasteiger partial charge in [0.2, 0.25) is 11.9 Å². The second kappa shape index (κ2) is 10.4. The maximum Gasteiger partial charge on any atom is 0.421 e. The molecule has 212 valence electrons. The van der Waals surface area contributed by atoms with Crippen LogP contribution in [0.25, 0.3) is 0 Å². The average molecular weight is 567 g/mol. The SMILES string of the molecule is O=C(CCC1Cc2ccccc2N1c1cc(C(F)(F)F)c(=O)[nH]n1)N1CCN(c2ncc(C(F)(F)F)cn2)CC1. The summed E-state index contributed by atoms with van der Waals surface area (Å²) in [6, 6.07) is 7.50. The lowest BCUT2D eigenvalue weighted by Crippen LogP contribution is -2.49. The van der Waals surface area contributed by atoms with Crippen LogP contribution in [0.4, 0.5) is 43.8 Å². The molecule has 9 nitrogen and oxygen atoms in total. The predicted molar refractivity (Wildman–Crippen MR) is 131 cm³/mol. The van der Waals surface area contributed by atoms with Gasteiger partial charge in [0.15, 0.2) is 5.82 Å². The smallest absolute Gasteiger partial charge is 0.339 e. The van der Waals surface area contributed by atoms with Crippen LogP contribution in [0.2, 0.25) is 0 Å². The molecule has 1 saturated heterocycles. The van der Waals surface area contributed by atoms with E-state index in [2.05, 4.69) is 15.1 Å². The zero-order chi connectivity index (χ0) is 28.7. The van der Waals surface area contributed by atoms with Crippen LogP contribution < -0.4 is 15.4 Å². The number of nitrogens with one attached hydrogen (secondary N) is 1. The lowest BCUT2D eigenvalue weighted by molar-refractivity contribution is -0.139. The number of para-hydroxylation sites is 1. The standard InChI is InChI=1S/C25H23F6N7O2/c26-24(27,28)16-13-32-23(33-14-16)37-9-7-36(8-10-37)21(39)6-5-17-11-15-3-1-2-4-19(15)38(17)20-12-18(25(29,30)31)22(40)35-34-20/h1-4,12-14,17H,5-11H2,(H,35,40). The van der Waals surface area contributed by atoms with Gasteiger partial charge in [-0.2, -0.15) is 31.4 Å². The fraction of sp³-hybridized carbons (Fsp3) is 0.400. The Kier molecular flexibility index (Phi) is 7.14. The predicted octanol–water partition coefficient (Wildman–Crippen LogP) is 3.79. The van der Waals surface area contributed by atoms with Gasteiger partial charge in [-0.15, -0.1) is 0 Å². The van der Waals surface area contributed by atoms with Crippen molar-refractivity contribution in [2.75, 3.05) is 36.0 Å². The Labute approximate surface area is 223 Å². The van der Waals surface area contributed by atoms with Crippen molar-refractivity contribution in [2.45, 2.75) is 37.7 Å². The number of rotatable bonds is 5. The van der Waals surface area contributed by atoms with Crippen molar-refractivity contribution in [3.63, 3.8) is 0 Å². The molecule has 4 heterocycles. The Morgan fingerprint density at radius 3 is 2.30 bits per heavy atom. The molecule has 0 aliphatic carbocycles. The molecular weight excluding hydrogens is 544 g/mol. The number of halogens is 6. The molecule has 0 spiro atoms. The maximum absolute atomic E-state index is 13.4. The largest absolute Gasteiger partial charge is 0.421 e. The van der Waals surface area contributed by atoms with Crippen molar-refractivity contribution < 1.29 is 31.1 Å². The Hall–Kier alpha value is -4.17. The number of aromatic amines is 1. The highest BCUT2D eigenvalue weighted by atomic mass is 19.4. The van der Waals surface area contributed by atoms with E-state index in [1.165, 1.54) is 0 Å². The van der Waals surface area contributed by atoms with Crippen molar-refractivity contribution in [3.05, 3.63) is 69.8 Å². The summed E-state index contributed by atoms with van der Waals surface area (Å²) < 4.78 is 78.5. The van der Waals surface area contributed by atoms with Crippen LogP contribution in [0.5, 0.6) is 0 Å². The molecule has 1 aromatic carbocycles. The fourth-order valence-corrected chi connectivity index (χ4v) is 4.97. The third-order valence-electron chi connectivity index (χ3n) is 6.99. The van der Waals surface area contributed by atoms with E-state index >= 15 is 0 Å². The van der Waals surface area contributed by atoms with Gasteiger partial charge >= 0.3 is 12.4 Å². The molecule has 1 N–H and O–H groups in total. The number of aromatic nitrogens is 4. The number of carbonyl (C=O) groups excluding carboxylic acids is 1. The average Bonchev–Trinajstić information content (AvgIpc) is 3.29. The van der Waals surface area contributed by atoms with Gasteiger partial charge in [-0.25, -0.2) is 15.1 Å². The summed E-state index contributed by atoms with van der Waals surface area (Å²) in [4.78, 5) is 37.3. The minimum Gasteiger partial charge on any atom is -0.339 e. The molecule has 1 unspecified atom stereocenters. The molecule has 40 heavy (non-hydrogen) atoms. The second-order valence-electron chi connectivity index (χ2n) is 9.50. The highest BCUT2D eigenvalue weighted by Gasteiger charge is 2.38. The lowest BCUT2D eigenvalue weighted by Gasteiger charge is -2.35. The van der Waals surface area contributed by atoms with Crippen molar-refractivity contribution in [1.82, 2.24) is 25.1 Å². The van der Waals surface area contributed by atoms with Gasteiger partial charge in [-0.05, 0) is 24.5 Å². The van der Waals surface area contributed by atoms with Crippen LogP contribution in [0, 0.1) is 0 Å². The third kappa shape index (κ3) is 5.58. The molecule has 2 aliphatic heterocycles. The molecule has 1 atom stereocenters. The summed E-state index contributed by atoms with van der Waals surface area (Å²) in [6.07, 6.45) is -7.04. The molecule has 2 aliphatic rings. The van der Waals surface area contributed by atoms with E-state index in [1.54, 1.807) is 26.8 Å². The van der Waals surface area contributed by atoms with E-state index in [9.17, 15) is 35.9 Å². The van der Waals surface area contributed by atoms with E-state index in [1.807, 2.05) is 17.2 Å². The zero-order valence-corrected chi connectivity index (χ0v) is 20.8. The molecule has 3 aromatic rings. The minimum atomic E-state index is -4.86. The molecule has 1 fully saturated rings. The number of hydrogen-bond acceptors (Lipinski definition) is 7. The van der Waals surface area contributed by atoms with E-state index in [4.69, 9.17) is 0 Å². The molecule has 15 heteroatoms. The molecule has 5 rings (SSSR count). The summed E-state index contributed by atoms with van der Waals surface area (Å²) in [5, 5.41) is 5.80. The topological polar surface area (TPSA) is 98.3 Å². The van der Waals surface area contributed by atoms with E-state index in [0.717, 1.165) is 24.0 Å². The van der Waals surface area contributed by atoms with Gasteiger partial charge in [0, 0.05) is 62.8 Å². The molecule has 0 bridgehead atoms. The van der Waals surface area contributed by atoms with Gasteiger partial charge in [0.1, 0.15) is 5.56 Å². The molecule has 0 saturated carbocycles. The first kappa shape index (κ1) is 27.4. The summed E-state index contributed by atoms with van der Waals surface area (Å²) in [5.41, 5.74) is -2.10. The second-order valence-corrected chi connectivity index (χ2v) is 9.50. The van der Waals surface area contributed by atoms with Crippen LogP contribution in [0.15, 0.2) is 47.5 Å². The number of H-pyrrole nitrogens is 1. The molecule has 1 amide bonds. The fourth-order valence-electron chi connectivity index (χ4n) is 4.97. The zero-order valence-electron chi connectivity index (χ0n) is 20.8. The number of amides is 1. The Bertz CT molecular complexity index is 1430. The van der Waals surface area contributed by atoms with E-state index in [-0.39, 0.29) is 30.1 Å². The van der Waals surface area contributed by atoms with Crippen LogP contribution in [-0.2, 0) is 23.6 Å². The number of piperazine rings is 1. The van der Waals surface area contributed by atoms with E-state index < -0.39 is 29.0 Å². The van der Waals surface area contributed by atoms with Gasteiger partial charge < -0.3 is 14.7 Å². The normalized spacial score (nSPS) is 17.8. The van der Waals surface area contributed by atoms with Crippen LogP contribution in [0.3, 0.4) is 0 Å². The number of carbonyl (C=O) groups is 1. The van der Waals surface area contributed by atoms with Crippen molar-refractivity contribution in [3.8, 4) is 0 Å². The summed E-state index contributed by atoms with van der Waals surface area (Å²) in [5.74, 6) is -0.0835. The van der Waals surface area contributed by atoms with Gasteiger partial charge in [-0.1, -0.05) is 18.2 Å². The Morgan fingerprint density at radius 2 is 1.65 bits per heavy atom. The number of hydrogen-bond donors (Lipinski definition) is 1. The lowest BCUT2D eigenvalue weighted by atomic mass is 10.1. The molecule has 2 aromatic heterocycles. The number of alkyl halides is 6. The summed E-state index contributed by atoms with van der Waals surface area (Å²) >= 11 is 0. The van der Waals surface area contributed by atoms with Crippen LogP contribution in [-0.4, -0.2) is 63.2 Å². The third-order valence-corrected chi connectivity index (χ3v) is 6.99.